The lowest BCUT2D eigenvalue weighted by atomic mass is 9.62. The van der Waals surface area contributed by atoms with Crippen molar-refractivity contribution in [2.24, 2.45) is 0 Å². The van der Waals surface area contributed by atoms with Crippen LogP contribution < -0.4 is 9.64 Å². The molecule has 0 saturated heterocycles. The van der Waals surface area contributed by atoms with Crippen molar-refractivity contribution >= 4 is 38.9 Å². The van der Waals surface area contributed by atoms with Crippen LogP contribution in [0.1, 0.15) is 35.6 Å². The lowest BCUT2D eigenvalue weighted by Gasteiger charge is -2.39. The monoisotopic (exact) mass is 756 g/mol. The van der Waals surface area contributed by atoms with Crippen LogP contribution in [0, 0.1) is 0 Å². The standard InChI is InChI=1S/C56H40N2O/c1-55-36-18-31-49(56(38-19-5-2-6-20-38)46-28-14-11-25-42(46)43-26-12-15-29-47(43)56)54(55)59-53-48(55)30-17-33-52(53)57(39-21-7-3-8-22-39)41-34-35-51-45(37-41)44-27-13-16-32-50(44)58(51)40-23-9-4-10-24-40/h2-35,37H,36H2,1H3. The number of ether oxygens (including phenoxy) is 1. The van der Waals surface area contributed by atoms with E-state index in [-0.39, 0.29) is 5.41 Å². The van der Waals surface area contributed by atoms with E-state index in [1.807, 2.05) is 0 Å². The zero-order valence-corrected chi connectivity index (χ0v) is 32.7. The van der Waals surface area contributed by atoms with Gasteiger partial charge in [0.2, 0.25) is 0 Å². The molecule has 0 amide bonds. The van der Waals surface area contributed by atoms with Crippen LogP contribution in [0.4, 0.5) is 17.1 Å². The van der Waals surface area contributed by atoms with Crippen molar-refractivity contribution in [3.05, 3.63) is 246 Å². The minimum absolute atomic E-state index is 0.390. The Morgan fingerprint density at radius 1 is 0.525 bits per heavy atom. The molecular formula is C56H40N2O. The van der Waals surface area contributed by atoms with Gasteiger partial charge < -0.3 is 14.2 Å². The molecule has 59 heavy (non-hydrogen) atoms. The van der Waals surface area contributed by atoms with Crippen LogP contribution in [-0.4, -0.2) is 4.57 Å². The zero-order chi connectivity index (χ0) is 39.1. The Morgan fingerprint density at radius 3 is 1.88 bits per heavy atom. The van der Waals surface area contributed by atoms with Crippen molar-refractivity contribution in [1.82, 2.24) is 4.57 Å². The van der Waals surface area contributed by atoms with Gasteiger partial charge in [0, 0.05) is 39.0 Å². The summed E-state index contributed by atoms with van der Waals surface area (Å²) < 4.78 is 9.95. The third-order valence-corrected chi connectivity index (χ3v) is 13.1. The van der Waals surface area contributed by atoms with Crippen LogP contribution in [0.3, 0.4) is 0 Å². The average molecular weight is 757 g/mol. The number of hydrogen-bond donors (Lipinski definition) is 0. The summed E-state index contributed by atoms with van der Waals surface area (Å²) in [6.45, 7) is 2.38. The second-order valence-corrected chi connectivity index (χ2v) is 16.2. The number of nitrogens with zero attached hydrogens (tertiary/aromatic N) is 2. The third kappa shape index (κ3) is 4.70. The number of para-hydroxylation sites is 4. The molecule has 1 aromatic heterocycles. The highest BCUT2D eigenvalue weighted by Gasteiger charge is 2.54. The molecule has 3 aliphatic rings. The maximum Gasteiger partial charge on any atom is 0.155 e. The summed E-state index contributed by atoms with van der Waals surface area (Å²) in [6.07, 6.45) is 5.58. The molecule has 12 rings (SSSR count). The SMILES string of the molecule is CC12CC=CC(C3(c4ccccc4)c4ccccc4-c4ccccc43)=C1Oc1c(N(c3ccccc3)c3ccc4c(c3)c3ccccc3n4-c3ccccc3)cccc12. The summed E-state index contributed by atoms with van der Waals surface area (Å²) in [7, 11) is 0. The Hall–Kier alpha value is -7.36. The molecule has 0 bridgehead atoms. The summed E-state index contributed by atoms with van der Waals surface area (Å²) in [5.74, 6) is 1.93. The van der Waals surface area contributed by atoms with Crippen LogP contribution in [0.15, 0.2) is 224 Å². The molecular weight excluding hydrogens is 717 g/mol. The molecule has 3 heteroatoms. The maximum absolute atomic E-state index is 7.57. The first kappa shape index (κ1) is 33.7. The fourth-order valence-electron chi connectivity index (χ4n) is 10.6. The van der Waals surface area contributed by atoms with Gasteiger partial charge in [-0.3, -0.25) is 0 Å². The van der Waals surface area contributed by atoms with Crippen LogP contribution in [0.5, 0.6) is 5.75 Å². The van der Waals surface area contributed by atoms with E-state index in [2.05, 4.69) is 229 Å². The topological polar surface area (TPSA) is 17.4 Å². The van der Waals surface area contributed by atoms with E-state index < -0.39 is 5.41 Å². The highest BCUT2D eigenvalue weighted by Crippen LogP contribution is 2.63. The van der Waals surface area contributed by atoms with Crippen molar-refractivity contribution < 1.29 is 4.74 Å². The number of hydrogen-bond acceptors (Lipinski definition) is 2. The Kier molecular flexibility index (Phi) is 7.34. The minimum atomic E-state index is -0.568. The maximum atomic E-state index is 7.57. The molecule has 9 aromatic rings. The van der Waals surface area contributed by atoms with E-state index in [1.165, 1.54) is 60.8 Å². The number of anilines is 3. The molecule has 1 aliphatic heterocycles. The zero-order valence-electron chi connectivity index (χ0n) is 32.7. The first-order valence-electron chi connectivity index (χ1n) is 20.6. The van der Waals surface area contributed by atoms with Gasteiger partial charge in [-0.05, 0) is 95.8 Å². The Labute approximate surface area is 344 Å². The van der Waals surface area contributed by atoms with E-state index in [1.54, 1.807) is 0 Å². The Bertz CT molecular complexity index is 3130. The van der Waals surface area contributed by atoms with E-state index in [9.17, 15) is 0 Å². The van der Waals surface area contributed by atoms with Crippen molar-refractivity contribution in [2.45, 2.75) is 24.2 Å². The molecule has 1 atom stereocenters. The molecule has 1 unspecified atom stereocenters. The van der Waals surface area contributed by atoms with Crippen LogP contribution in [0.25, 0.3) is 38.6 Å². The summed E-state index contributed by atoms with van der Waals surface area (Å²) in [6, 6.07) is 72.7. The number of aromatic nitrogens is 1. The minimum Gasteiger partial charge on any atom is -0.458 e. The Balaban J connectivity index is 1.09. The largest absolute Gasteiger partial charge is 0.458 e. The van der Waals surface area contributed by atoms with Crippen LogP contribution in [0.2, 0.25) is 0 Å². The van der Waals surface area contributed by atoms with Crippen LogP contribution in [-0.2, 0) is 10.8 Å². The fraction of sp³-hybridized carbons (Fsp3) is 0.0714. The quantitative estimate of drug-likeness (QED) is 0.168. The van der Waals surface area contributed by atoms with Gasteiger partial charge in [-0.15, -0.1) is 0 Å². The smallest absolute Gasteiger partial charge is 0.155 e. The summed E-state index contributed by atoms with van der Waals surface area (Å²) in [5.41, 5.74) is 14.5. The summed E-state index contributed by atoms with van der Waals surface area (Å²) in [4.78, 5) is 2.38. The molecule has 280 valence electrons. The van der Waals surface area contributed by atoms with Gasteiger partial charge in [0.1, 0.15) is 5.76 Å². The van der Waals surface area contributed by atoms with Crippen molar-refractivity contribution in [1.29, 1.82) is 0 Å². The van der Waals surface area contributed by atoms with E-state index >= 15 is 0 Å². The predicted octanol–water partition coefficient (Wildman–Crippen LogP) is 14.1. The van der Waals surface area contributed by atoms with Crippen LogP contribution >= 0.6 is 0 Å². The van der Waals surface area contributed by atoms with Gasteiger partial charge in [0.05, 0.1) is 27.6 Å². The molecule has 0 fully saturated rings. The number of rotatable bonds is 6. The first-order chi connectivity index (χ1) is 29.2. The normalized spacial score (nSPS) is 17.0. The number of allylic oxidation sites excluding steroid dienone is 4. The second-order valence-electron chi connectivity index (χ2n) is 16.2. The highest BCUT2D eigenvalue weighted by molar-refractivity contribution is 6.10. The number of fused-ring (bicyclic) bond motifs is 9. The van der Waals surface area contributed by atoms with Gasteiger partial charge >= 0.3 is 0 Å². The Morgan fingerprint density at radius 2 is 1.14 bits per heavy atom. The summed E-state index contributed by atoms with van der Waals surface area (Å²) in [5, 5.41) is 2.42. The van der Waals surface area contributed by atoms with Crippen molar-refractivity contribution in [2.75, 3.05) is 4.90 Å². The van der Waals surface area contributed by atoms with E-state index in [4.69, 9.17) is 4.74 Å². The van der Waals surface area contributed by atoms with Gasteiger partial charge in [-0.25, -0.2) is 0 Å². The number of benzene rings is 8. The lowest BCUT2D eigenvalue weighted by Crippen LogP contribution is -2.35. The molecule has 8 aromatic carbocycles. The van der Waals surface area contributed by atoms with E-state index in [0.29, 0.717) is 0 Å². The molecule has 0 spiro atoms. The second kappa shape index (κ2) is 12.8. The average Bonchev–Trinajstić information content (AvgIpc) is 3.91. The van der Waals surface area contributed by atoms with Gasteiger partial charge in [-0.1, -0.05) is 158 Å². The van der Waals surface area contributed by atoms with Crippen molar-refractivity contribution in [3.63, 3.8) is 0 Å². The summed E-state index contributed by atoms with van der Waals surface area (Å²) >= 11 is 0. The first-order valence-corrected chi connectivity index (χ1v) is 20.6. The highest BCUT2D eigenvalue weighted by atomic mass is 16.5. The molecule has 2 aliphatic carbocycles. The predicted molar refractivity (Wildman–Crippen MR) is 242 cm³/mol. The lowest BCUT2D eigenvalue weighted by molar-refractivity contribution is 0.363. The van der Waals surface area contributed by atoms with E-state index in [0.717, 1.165) is 40.7 Å². The fourth-order valence-corrected chi connectivity index (χ4v) is 10.6. The molecule has 0 saturated carbocycles. The molecule has 0 radical (unpaired) electrons. The van der Waals surface area contributed by atoms with Gasteiger partial charge in [0.15, 0.2) is 5.75 Å². The van der Waals surface area contributed by atoms with Gasteiger partial charge in [-0.2, -0.15) is 0 Å². The molecule has 0 N–H and O–H groups in total. The molecule has 3 nitrogen and oxygen atoms in total. The van der Waals surface area contributed by atoms with Gasteiger partial charge in [0.25, 0.3) is 0 Å². The van der Waals surface area contributed by atoms with Crippen molar-refractivity contribution in [3.8, 4) is 22.6 Å². The molecule has 2 heterocycles. The third-order valence-electron chi connectivity index (χ3n) is 13.1.